The number of carbonyl (C=O) groups is 3. The predicted octanol–water partition coefficient (Wildman–Crippen LogP) is 2.73. The maximum Gasteiger partial charge on any atom is 0.247 e. The summed E-state index contributed by atoms with van der Waals surface area (Å²) in [4.78, 5) is 37.7. The lowest BCUT2D eigenvalue weighted by molar-refractivity contribution is -0.136. The molecule has 146 valence electrons. The molecule has 28 heavy (non-hydrogen) atoms. The van der Waals surface area contributed by atoms with E-state index in [4.69, 9.17) is 0 Å². The Morgan fingerprint density at radius 2 is 1.79 bits per heavy atom. The summed E-state index contributed by atoms with van der Waals surface area (Å²) < 4.78 is 0. The molecule has 1 aliphatic heterocycles. The lowest BCUT2D eigenvalue weighted by atomic mass is 10.0. The van der Waals surface area contributed by atoms with Crippen LogP contribution in [0.3, 0.4) is 0 Å². The lowest BCUT2D eigenvalue weighted by Gasteiger charge is -2.24. The van der Waals surface area contributed by atoms with Crippen molar-refractivity contribution in [2.75, 3.05) is 18.4 Å². The molecule has 6 heteroatoms. The number of rotatable bonds is 5. The molecule has 1 atom stereocenters. The van der Waals surface area contributed by atoms with E-state index in [1.54, 1.807) is 4.90 Å². The van der Waals surface area contributed by atoms with Crippen LogP contribution in [0.2, 0.25) is 0 Å². The molecule has 2 N–H and O–H groups in total. The van der Waals surface area contributed by atoms with Crippen molar-refractivity contribution in [1.29, 1.82) is 0 Å². The fourth-order valence-electron chi connectivity index (χ4n) is 3.47. The number of carbonyl (C=O) groups excluding carboxylic acids is 3. The molecule has 0 spiro atoms. The number of likely N-dealkylation sites (tertiary alicyclic amines) is 1. The summed E-state index contributed by atoms with van der Waals surface area (Å²) in [5, 5.41) is 5.44. The molecule has 0 aromatic heterocycles. The highest BCUT2D eigenvalue weighted by molar-refractivity contribution is 5.98. The van der Waals surface area contributed by atoms with E-state index in [0.29, 0.717) is 18.7 Å². The lowest BCUT2D eigenvalue weighted by Crippen LogP contribution is -2.46. The van der Waals surface area contributed by atoms with Crippen LogP contribution < -0.4 is 10.6 Å². The number of amides is 3. The van der Waals surface area contributed by atoms with Gasteiger partial charge in [0.2, 0.25) is 17.7 Å². The zero-order chi connectivity index (χ0) is 20.1. The molecule has 1 heterocycles. The van der Waals surface area contributed by atoms with Crippen molar-refractivity contribution in [3.63, 3.8) is 0 Å². The van der Waals surface area contributed by atoms with Gasteiger partial charge in [-0.3, -0.25) is 14.4 Å². The number of benzene rings is 2. The van der Waals surface area contributed by atoms with Gasteiger partial charge in [-0.1, -0.05) is 42.0 Å². The van der Waals surface area contributed by atoms with E-state index in [9.17, 15) is 14.4 Å². The van der Waals surface area contributed by atoms with E-state index in [2.05, 4.69) is 16.7 Å². The molecule has 0 bridgehead atoms. The Kier molecular flexibility index (Phi) is 6.09. The normalized spacial score (nSPS) is 15.9. The van der Waals surface area contributed by atoms with E-state index >= 15 is 0 Å². The maximum atomic E-state index is 12.8. The van der Waals surface area contributed by atoms with Gasteiger partial charge in [-0.15, -0.1) is 0 Å². The Labute approximate surface area is 164 Å². The molecular weight excluding hydrogens is 354 g/mol. The van der Waals surface area contributed by atoms with Gasteiger partial charge in [0.05, 0.1) is 6.54 Å². The molecule has 0 aliphatic carbocycles. The van der Waals surface area contributed by atoms with Crippen LogP contribution in [0.4, 0.5) is 5.69 Å². The summed E-state index contributed by atoms with van der Waals surface area (Å²) in [6.45, 7) is 3.85. The minimum Gasteiger partial charge on any atom is -0.347 e. The minimum absolute atomic E-state index is 0.0814. The average Bonchev–Trinajstić information content (AvgIpc) is 3.16. The first-order valence-electron chi connectivity index (χ1n) is 9.46. The van der Waals surface area contributed by atoms with Crippen LogP contribution in [0.25, 0.3) is 11.1 Å². The van der Waals surface area contributed by atoms with E-state index in [0.717, 1.165) is 17.5 Å². The molecule has 1 aliphatic rings. The first-order valence-corrected chi connectivity index (χ1v) is 9.46. The van der Waals surface area contributed by atoms with Crippen molar-refractivity contribution in [2.45, 2.75) is 32.7 Å². The summed E-state index contributed by atoms with van der Waals surface area (Å²) in [5.41, 5.74) is 3.98. The molecule has 0 unspecified atom stereocenters. The molecule has 3 amide bonds. The van der Waals surface area contributed by atoms with Gasteiger partial charge in [0.15, 0.2) is 0 Å². The Hall–Kier alpha value is -3.15. The van der Waals surface area contributed by atoms with Crippen LogP contribution in [0.15, 0.2) is 48.5 Å². The van der Waals surface area contributed by atoms with Crippen LogP contribution in [0.5, 0.6) is 0 Å². The molecule has 1 fully saturated rings. The van der Waals surface area contributed by atoms with Crippen molar-refractivity contribution in [3.05, 3.63) is 54.1 Å². The minimum atomic E-state index is -0.510. The van der Waals surface area contributed by atoms with Crippen LogP contribution in [-0.2, 0) is 14.4 Å². The predicted molar refractivity (Wildman–Crippen MR) is 109 cm³/mol. The third kappa shape index (κ3) is 4.76. The molecule has 0 saturated carbocycles. The highest BCUT2D eigenvalue weighted by Crippen LogP contribution is 2.25. The third-order valence-electron chi connectivity index (χ3n) is 4.85. The van der Waals surface area contributed by atoms with Gasteiger partial charge in [-0.05, 0) is 43.0 Å². The fourth-order valence-corrected chi connectivity index (χ4v) is 3.47. The molecule has 1 saturated heterocycles. The number of hydrogen-bond acceptors (Lipinski definition) is 3. The summed E-state index contributed by atoms with van der Waals surface area (Å²) in [6.07, 6.45) is 1.39. The smallest absolute Gasteiger partial charge is 0.247 e. The first-order chi connectivity index (χ1) is 13.4. The van der Waals surface area contributed by atoms with Crippen LogP contribution in [0.1, 0.15) is 25.3 Å². The van der Waals surface area contributed by atoms with Crippen molar-refractivity contribution in [2.24, 2.45) is 0 Å². The van der Waals surface area contributed by atoms with Gasteiger partial charge in [-0.2, -0.15) is 0 Å². The summed E-state index contributed by atoms with van der Waals surface area (Å²) >= 11 is 0. The fraction of sp³-hybridized carbons (Fsp3) is 0.318. The zero-order valence-corrected chi connectivity index (χ0v) is 16.2. The standard InChI is InChI=1S/C22H25N3O3/c1-15-6-3-7-17(12-15)18-8-4-9-19(13-18)24-22(28)20-10-5-11-25(20)21(27)14-23-16(2)26/h3-4,6-9,12-13,20H,5,10-11,14H2,1-2H3,(H,23,26)(H,24,28)/t20-/m0/s1. The van der Waals surface area contributed by atoms with Crippen molar-refractivity contribution in [1.82, 2.24) is 10.2 Å². The van der Waals surface area contributed by atoms with Gasteiger partial charge < -0.3 is 15.5 Å². The van der Waals surface area contributed by atoms with Gasteiger partial charge in [-0.25, -0.2) is 0 Å². The molecule has 2 aromatic rings. The maximum absolute atomic E-state index is 12.8. The van der Waals surface area contributed by atoms with Crippen LogP contribution in [0, 0.1) is 6.92 Å². The van der Waals surface area contributed by atoms with Crippen molar-refractivity contribution in [3.8, 4) is 11.1 Å². The quantitative estimate of drug-likeness (QED) is 0.838. The molecule has 0 radical (unpaired) electrons. The zero-order valence-electron chi connectivity index (χ0n) is 16.2. The highest BCUT2D eigenvalue weighted by atomic mass is 16.2. The molecular formula is C22H25N3O3. The summed E-state index contributed by atoms with van der Waals surface area (Å²) in [7, 11) is 0. The first kappa shape index (κ1) is 19.6. The second kappa shape index (κ2) is 8.69. The Morgan fingerprint density at radius 1 is 1.07 bits per heavy atom. The van der Waals surface area contributed by atoms with Crippen molar-refractivity contribution >= 4 is 23.4 Å². The van der Waals surface area contributed by atoms with Gasteiger partial charge in [0.25, 0.3) is 0 Å². The average molecular weight is 379 g/mol. The second-order valence-corrected chi connectivity index (χ2v) is 7.09. The largest absolute Gasteiger partial charge is 0.347 e. The number of aryl methyl sites for hydroxylation is 1. The monoisotopic (exact) mass is 379 g/mol. The van der Waals surface area contributed by atoms with Crippen LogP contribution in [-0.4, -0.2) is 41.8 Å². The molecule has 6 nitrogen and oxygen atoms in total. The van der Waals surface area contributed by atoms with Crippen LogP contribution >= 0.6 is 0 Å². The number of nitrogens with zero attached hydrogens (tertiary/aromatic N) is 1. The number of hydrogen-bond donors (Lipinski definition) is 2. The molecule has 3 rings (SSSR count). The summed E-state index contributed by atoms with van der Waals surface area (Å²) in [5.74, 6) is -0.696. The van der Waals surface area contributed by atoms with Gasteiger partial charge >= 0.3 is 0 Å². The van der Waals surface area contributed by atoms with E-state index in [1.807, 2.05) is 49.4 Å². The topological polar surface area (TPSA) is 78.5 Å². The third-order valence-corrected chi connectivity index (χ3v) is 4.85. The van der Waals surface area contributed by atoms with Gasteiger partial charge in [0.1, 0.15) is 6.04 Å². The number of nitrogens with one attached hydrogen (secondary N) is 2. The highest BCUT2D eigenvalue weighted by Gasteiger charge is 2.33. The van der Waals surface area contributed by atoms with Gasteiger partial charge in [0, 0.05) is 19.2 Å². The SMILES string of the molecule is CC(=O)NCC(=O)N1CCC[C@H]1C(=O)Nc1cccc(-c2cccc(C)c2)c1. The van der Waals surface area contributed by atoms with E-state index in [1.165, 1.54) is 12.5 Å². The Morgan fingerprint density at radius 3 is 2.50 bits per heavy atom. The Bertz CT molecular complexity index is 894. The molecule has 2 aromatic carbocycles. The Balaban J connectivity index is 1.69. The second-order valence-electron chi connectivity index (χ2n) is 7.09. The van der Waals surface area contributed by atoms with Crippen molar-refractivity contribution < 1.29 is 14.4 Å². The summed E-state index contributed by atoms with van der Waals surface area (Å²) in [6, 6.07) is 15.4. The number of anilines is 1. The van der Waals surface area contributed by atoms with E-state index < -0.39 is 6.04 Å². The van der Waals surface area contributed by atoms with E-state index in [-0.39, 0.29) is 24.3 Å².